The maximum absolute atomic E-state index is 11.9. The molecule has 0 bridgehead atoms. The normalized spacial score (nSPS) is 9.89. The van der Waals surface area contributed by atoms with Crippen molar-refractivity contribution in [1.82, 2.24) is 4.90 Å². The summed E-state index contributed by atoms with van der Waals surface area (Å²) in [6, 6.07) is 9.80. The van der Waals surface area contributed by atoms with E-state index in [1.807, 2.05) is 42.3 Å². The van der Waals surface area contributed by atoms with Crippen LogP contribution in [0.3, 0.4) is 0 Å². The molecule has 0 saturated heterocycles. The Balaban J connectivity index is 2.46. The average molecular weight is 265 g/mol. The lowest BCUT2D eigenvalue weighted by Gasteiger charge is -2.23. The van der Waals surface area contributed by atoms with Gasteiger partial charge in [0.1, 0.15) is 0 Å². The summed E-state index contributed by atoms with van der Waals surface area (Å²) in [5, 5.41) is 0. The molecule has 0 saturated carbocycles. The number of hydrogen-bond donors (Lipinski definition) is 1. The molecule has 0 radical (unpaired) electrons. The van der Waals surface area contributed by atoms with Crippen molar-refractivity contribution in [3.8, 4) is 0 Å². The van der Waals surface area contributed by atoms with E-state index in [0.717, 1.165) is 5.69 Å². The van der Waals surface area contributed by atoms with Gasteiger partial charge >= 0.3 is 0 Å². The molecule has 1 amide bonds. The highest BCUT2D eigenvalue weighted by atomic mass is 32.1. The van der Waals surface area contributed by atoms with Crippen LogP contribution in [0.1, 0.15) is 6.42 Å². The minimum atomic E-state index is 0.0533. The van der Waals surface area contributed by atoms with Crippen molar-refractivity contribution in [3.05, 3.63) is 30.3 Å². The molecule has 1 aromatic carbocycles. The van der Waals surface area contributed by atoms with Crippen LogP contribution < -0.4 is 10.6 Å². The van der Waals surface area contributed by atoms with Crippen molar-refractivity contribution < 1.29 is 4.79 Å². The predicted octanol–water partition coefficient (Wildman–Crippen LogP) is 1.26. The molecule has 18 heavy (non-hydrogen) atoms. The van der Waals surface area contributed by atoms with Crippen molar-refractivity contribution in [2.75, 3.05) is 32.1 Å². The van der Waals surface area contributed by atoms with Gasteiger partial charge in [-0.25, -0.2) is 0 Å². The number of carbonyl (C=O) groups excluding carboxylic acids is 1. The summed E-state index contributed by atoms with van der Waals surface area (Å²) in [6.07, 6.45) is 0.562. The summed E-state index contributed by atoms with van der Waals surface area (Å²) in [6.45, 7) is 0.911. The molecule has 5 heteroatoms. The number of rotatable bonds is 6. The van der Waals surface area contributed by atoms with E-state index in [0.29, 0.717) is 24.5 Å². The van der Waals surface area contributed by atoms with Gasteiger partial charge in [0.15, 0.2) is 0 Å². The Morgan fingerprint density at radius 1 is 1.28 bits per heavy atom. The van der Waals surface area contributed by atoms with Crippen LogP contribution >= 0.6 is 12.2 Å². The summed E-state index contributed by atoms with van der Waals surface area (Å²) in [7, 11) is 3.66. The molecule has 1 rings (SSSR count). The van der Waals surface area contributed by atoms with E-state index in [9.17, 15) is 4.79 Å². The van der Waals surface area contributed by atoms with E-state index in [1.54, 1.807) is 11.9 Å². The summed E-state index contributed by atoms with van der Waals surface area (Å²) in [5.41, 5.74) is 6.44. The van der Waals surface area contributed by atoms with Crippen LogP contribution in [0.25, 0.3) is 0 Å². The second-order valence-corrected chi connectivity index (χ2v) is 4.75. The number of nitrogens with two attached hydrogens (primary N) is 1. The molecule has 0 aliphatic rings. The van der Waals surface area contributed by atoms with Crippen LogP contribution in [0.5, 0.6) is 0 Å². The number of carbonyl (C=O) groups is 1. The molecule has 0 spiro atoms. The molecule has 2 N–H and O–H groups in total. The number of nitrogens with zero attached hydrogens (tertiary/aromatic N) is 2. The molecule has 0 atom stereocenters. The van der Waals surface area contributed by atoms with Crippen LogP contribution in [0.15, 0.2) is 30.3 Å². The largest absolute Gasteiger partial charge is 0.393 e. The Bertz CT molecular complexity index is 408. The zero-order valence-corrected chi connectivity index (χ0v) is 11.6. The minimum absolute atomic E-state index is 0.0533. The first-order valence-corrected chi connectivity index (χ1v) is 6.20. The third-order valence-corrected chi connectivity index (χ3v) is 2.89. The molecule has 0 unspecified atom stereocenters. The van der Waals surface area contributed by atoms with Gasteiger partial charge in [0, 0.05) is 32.7 Å². The highest BCUT2D eigenvalue weighted by Crippen LogP contribution is 2.10. The Morgan fingerprint density at radius 2 is 1.89 bits per heavy atom. The fourth-order valence-corrected chi connectivity index (χ4v) is 1.59. The van der Waals surface area contributed by atoms with E-state index in [2.05, 4.69) is 0 Å². The molecule has 98 valence electrons. The van der Waals surface area contributed by atoms with Gasteiger partial charge in [0.05, 0.1) is 11.5 Å². The van der Waals surface area contributed by atoms with Gasteiger partial charge in [-0.05, 0) is 12.1 Å². The molecule has 0 aliphatic carbocycles. The van der Waals surface area contributed by atoms with Crippen molar-refractivity contribution in [1.29, 1.82) is 0 Å². The number of anilines is 1. The van der Waals surface area contributed by atoms with Crippen LogP contribution in [-0.2, 0) is 4.79 Å². The fraction of sp³-hybridized carbons (Fsp3) is 0.385. The van der Waals surface area contributed by atoms with Crippen molar-refractivity contribution in [2.45, 2.75) is 6.42 Å². The molecular formula is C13H19N3OS. The third-order valence-electron chi connectivity index (χ3n) is 2.69. The maximum atomic E-state index is 11.9. The zero-order chi connectivity index (χ0) is 13.5. The highest BCUT2D eigenvalue weighted by molar-refractivity contribution is 7.80. The molecule has 0 heterocycles. The molecular weight excluding hydrogens is 246 g/mol. The van der Waals surface area contributed by atoms with E-state index in [1.165, 1.54) is 0 Å². The van der Waals surface area contributed by atoms with Crippen LogP contribution in [0, 0.1) is 0 Å². The average Bonchev–Trinajstić information content (AvgIpc) is 2.36. The van der Waals surface area contributed by atoms with E-state index >= 15 is 0 Å². The quantitative estimate of drug-likeness (QED) is 0.787. The van der Waals surface area contributed by atoms with Gasteiger partial charge in [-0.15, -0.1) is 0 Å². The van der Waals surface area contributed by atoms with Gasteiger partial charge in [-0.2, -0.15) is 0 Å². The lowest BCUT2D eigenvalue weighted by atomic mass is 10.3. The van der Waals surface area contributed by atoms with Gasteiger partial charge in [0.2, 0.25) is 5.91 Å². The summed E-state index contributed by atoms with van der Waals surface area (Å²) in [5.74, 6) is 0.0533. The number of para-hydroxylation sites is 1. The third kappa shape index (κ3) is 4.71. The molecule has 4 nitrogen and oxygen atoms in total. The Hall–Kier alpha value is -1.62. The molecule has 0 fully saturated rings. The monoisotopic (exact) mass is 265 g/mol. The minimum Gasteiger partial charge on any atom is -0.393 e. The zero-order valence-electron chi connectivity index (χ0n) is 10.8. The predicted molar refractivity (Wildman–Crippen MR) is 78.8 cm³/mol. The Morgan fingerprint density at radius 3 is 2.44 bits per heavy atom. The Labute approximate surface area is 113 Å². The Kier molecular flexibility index (Phi) is 5.58. The first-order valence-electron chi connectivity index (χ1n) is 5.79. The van der Waals surface area contributed by atoms with E-state index < -0.39 is 0 Å². The standard InChI is InChI=1S/C13H19N3OS/c1-15(9-8-12(14)18)13(17)10-16(2)11-6-4-3-5-7-11/h3-7H,8-10H2,1-2H3,(H2,14,18). The number of benzene rings is 1. The maximum Gasteiger partial charge on any atom is 0.241 e. The first kappa shape index (κ1) is 14.4. The van der Waals surface area contributed by atoms with Crippen LogP contribution in [0.2, 0.25) is 0 Å². The topological polar surface area (TPSA) is 49.6 Å². The second-order valence-electron chi connectivity index (χ2n) is 4.22. The number of amides is 1. The van der Waals surface area contributed by atoms with Crippen molar-refractivity contribution in [3.63, 3.8) is 0 Å². The summed E-state index contributed by atoms with van der Waals surface area (Å²) in [4.78, 5) is 15.9. The smallest absolute Gasteiger partial charge is 0.241 e. The lowest BCUT2D eigenvalue weighted by molar-refractivity contribution is -0.128. The fourth-order valence-electron chi connectivity index (χ4n) is 1.50. The first-order chi connectivity index (χ1) is 8.50. The van der Waals surface area contributed by atoms with Gasteiger partial charge < -0.3 is 15.5 Å². The number of likely N-dealkylation sites (N-methyl/N-ethyl adjacent to an activating group) is 2. The van der Waals surface area contributed by atoms with E-state index in [4.69, 9.17) is 18.0 Å². The van der Waals surface area contributed by atoms with Gasteiger partial charge in [-0.1, -0.05) is 30.4 Å². The SMILES string of the molecule is CN(CCC(N)=S)C(=O)CN(C)c1ccccc1. The lowest BCUT2D eigenvalue weighted by Crippen LogP contribution is -2.38. The second kappa shape index (κ2) is 6.96. The van der Waals surface area contributed by atoms with Crippen molar-refractivity contribution in [2.24, 2.45) is 5.73 Å². The summed E-state index contributed by atoms with van der Waals surface area (Å²) < 4.78 is 0. The van der Waals surface area contributed by atoms with Gasteiger partial charge in [0.25, 0.3) is 0 Å². The highest BCUT2D eigenvalue weighted by Gasteiger charge is 2.11. The molecule has 0 aliphatic heterocycles. The van der Waals surface area contributed by atoms with Gasteiger partial charge in [-0.3, -0.25) is 4.79 Å². The molecule has 1 aromatic rings. The molecule has 0 aromatic heterocycles. The number of thiocarbonyl (C=S) groups is 1. The van der Waals surface area contributed by atoms with Crippen LogP contribution in [-0.4, -0.2) is 43.0 Å². The van der Waals surface area contributed by atoms with E-state index in [-0.39, 0.29) is 5.91 Å². The summed E-state index contributed by atoms with van der Waals surface area (Å²) >= 11 is 4.79. The van der Waals surface area contributed by atoms with Crippen LogP contribution in [0.4, 0.5) is 5.69 Å². The number of hydrogen-bond acceptors (Lipinski definition) is 3. The van der Waals surface area contributed by atoms with Crippen molar-refractivity contribution >= 4 is 28.8 Å².